The Kier molecular flexibility index (Phi) is 6.05. The number of nitrogens with two attached hydrogens (primary N) is 1. The molecule has 1 aliphatic rings. The lowest BCUT2D eigenvalue weighted by Gasteiger charge is -2.39. The summed E-state index contributed by atoms with van der Waals surface area (Å²) in [7, 11) is 1.60. The summed E-state index contributed by atoms with van der Waals surface area (Å²) in [5, 5.41) is 7.93. The fourth-order valence-corrected chi connectivity index (χ4v) is 3.60. The molecule has 0 atom stereocenters. The molecule has 0 aliphatic carbocycles. The van der Waals surface area contributed by atoms with Crippen LogP contribution in [0, 0.1) is 5.41 Å². The van der Waals surface area contributed by atoms with Gasteiger partial charge in [0.15, 0.2) is 0 Å². The molecule has 3 N–H and O–H groups in total. The van der Waals surface area contributed by atoms with E-state index in [1.807, 2.05) is 19.1 Å². The van der Waals surface area contributed by atoms with Crippen LogP contribution in [-0.4, -0.2) is 54.4 Å². The topological polar surface area (TPSA) is 91.9 Å². The monoisotopic (exact) mass is 402 g/mol. The van der Waals surface area contributed by atoms with Crippen LogP contribution in [0.25, 0.3) is 11.3 Å². The lowest BCUT2D eigenvalue weighted by atomic mass is 9.80. The number of H-pyrrole nitrogens is 1. The van der Waals surface area contributed by atoms with Crippen LogP contribution in [0.2, 0.25) is 5.02 Å². The van der Waals surface area contributed by atoms with Gasteiger partial charge in [0.05, 0.1) is 12.8 Å². The predicted octanol–water partition coefficient (Wildman–Crippen LogP) is 4.18. The van der Waals surface area contributed by atoms with E-state index >= 15 is 0 Å². The van der Waals surface area contributed by atoms with E-state index in [-0.39, 0.29) is 5.41 Å². The van der Waals surface area contributed by atoms with Crippen molar-refractivity contribution in [3.05, 3.63) is 23.2 Å². The number of aromatic amines is 1. The molecule has 2 heterocycles. The number of nitrogens with one attached hydrogen (secondary N) is 1. The summed E-state index contributed by atoms with van der Waals surface area (Å²) in [4.78, 5) is 11.1. The Morgan fingerprint density at radius 2 is 2.11 bits per heavy atom. The molecule has 28 heavy (non-hydrogen) atoms. The molecule has 2 aromatic rings. The van der Waals surface area contributed by atoms with Gasteiger partial charge in [-0.05, 0) is 56.6 Å². The molecule has 0 spiro atoms. The van der Waals surface area contributed by atoms with E-state index in [1.165, 1.54) is 0 Å². The normalized spacial score (nSPS) is 16.9. The number of methoxy groups -OCH3 is 1. The first-order valence-corrected chi connectivity index (χ1v) is 9.67. The van der Waals surface area contributed by atoms with Gasteiger partial charge < -0.3 is 15.4 Å². The molecule has 1 saturated heterocycles. The molecule has 1 aromatic carbocycles. The van der Waals surface area contributed by atoms with Crippen LogP contribution in [0.4, 0.5) is 11.5 Å². The second-order valence-corrected chi connectivity index (χ2v) is 7.91. The van der Waals surface area contributed by atoms with Gasteiger partial charge in [-0.2, -0.15) is 5.10 Å². The minimum Gasteiger partial charge on any atom is -0.497 e. The van der Waals surface area contributed by atoms with Crippen molar-refractivity contribution < 1.29 is 4.74 Å². The first-order valence-electron chi connectivity index (χ1n) is 9.29. The van der Waals surface area contributed by atoms with E-state index in [4.69, 9.17) is 27.1 Å². The average molecular weight is 403 g/mol. The summed E-state index contributed by atoms with van der Waals surface area (Å²) in [6.07, 6.45) is 2.11. The number of hydrogen-bond acceptors (Lipinski definition) is 5. The quantitative estimate of drug-likeness (QED) is 0.579. The summed E-state index contributed by atoms with van der Waals surface area (Å²) in [6.45, 7) is 10.5. The smallest absolute Gasteiger partial charge is 0.201 e. The summed E-state index contributed by atoms with van der Waals surface area (Å²) < 4.78 is 5.30. The molecule has 0 amide bonds. The van der Waals surface area contributed by atoms with Crippen LogP contribution in [0.1, 0.15) is 26.7 Å². The Morgan fingerprint density at radius 1 is 1.39 bits per heavy atom. The van der Waals surface area contributed by atoms with Crippen LogP contribution >= 0.6 is 11.6 Å². The van der Waals surface area contributed by atoms with Gasteiger partial charge in [-0.3, -0.25) is 10.1 Å². The largest absolute Gasteiger partial charge is 0.497 e. The van der Waals surface area contributed by atoms with E-state index in [2.05, 4.69) is 33.7 Å². The van der Waals surface area contributed by atoms with Gasteiger partial charge in [0.25, 0.3) is 0 Å². The molecule has 0 radical (unpaired) electrons. The van der Waals surface area contributed by atoms with Crippen LogP contribution in [0.3, 0.4) is 0 Å². The number of rotatable bonds is 5. The van der Waals surface area contributed by atoms with Gasteiger partial charge in [0, 0.05) is 23.7 Å². The van der Waals surface area contributed by atoms with Crippen molar-refractivity contribution in [3.63, 3.8) is 0 Å². The van der Waals surface area contributed by atoms with Gasteiger partial charge in [0.2, 0.25) is 5.82 Å². The van der Waals surface area contributed by atoms with Crippen molar-refractivity contribution in [2.24, 2.45) is 21.1 Å². The highest BCUT2D eigenvalue weighted by Crippen LogP contribution is 2.38. The van der Waals surface area contributed by atoms with Crippen molar-refractivity contribution >= 4 is 35.7 Å². The second kappa shape index (κ2) is 8.32. The zero-order valence-electron chi connectivity index (χ0n) is 16.6. The molecule has 8 heteroatoms. The Morgan fingerprint density at radius 3 is 2.71 bits per heavy atom. The molecular formula is C20H27ClN6O. The molecule has 0 bridgehead atoms. The fourth-order valence-electron chi connectivity index (χ4n) is 3.38. The minimum absolute atomic E-state index is 0.218. The molecule has 1 aromatic heterocycles. The number of piperidine rings is 1. The maximum Gasteiger partial charge on any atom is 0.201 e. The van der Waals surface area contributed by atoms with E-state index in [0.717, 1.165) is 37.3 Å². The molecule has 150 valence electrons. The highest BCUT2D eigenvalue weighted by Gasteiger charge is 2.29. The molecule has 0 saturated carbocycles. The van der Waals surface area contributed by atoms with E-state index in [0.29, 0.717) is 34.5 Å². The first kappa shape index (κ1) is 20.4. The lowest BCUT2D eigenvalue weighted by Crippen LogP contribution is -2.44. The van der Waals surface area contributed by atoms with Crippen molar-refractivity contribution in [2.75, 3.05) is 26.7 Å². The Bertz CT molecular complexity index is 883. The Labute approximate surface area is 170 Å². The van der Waals surface area contributed by atoms with Gasteiger partial charge in [-0.25, -0.2) is 4.99 Å². The van der Waals surface area contributed by atoms with Crippen molar-refractivity contribution in [1.82, 2.24) is 15.1 Å². The van der Waals surface area contributed by atoms with Gasteiger partial charge >= 0.3 is 0 Å². The highest BCUT2D eigenvalue weighted by atomic mass is 35.5. The third-order valence-corrected chi connectivity index (χ3v) is 5.68. The van der Waals surface area contributed by atoms with Gasteiger partial charge in [-0.15, -0.1) is 0 Å². The standard InChI is InChI=1S/C20H27ClN6O/c1-13(27-7-5-20(2,12-22)6-8-27)24-19-18(23-3)17(25-26-19)14-9-15(21)11-16(10-14)28-4/h9-11H,3,5-8,12,22H2,1-2,4H3,(H,25,26). The molecule has 7 nitrogen and oxygen atoms in total. The van der Waals surface area contributed by atoms with Crippen molar-refractivity contribution in [1.29, 1.82) is 0 Å². The minimum atomic E-state index is 0.218. The third kappa shape index (κ3) is 4.20. The number of hydrogen-bond donors (Lipinski definition) is 2. The van der Waals surface area contributed by atoms with E-state index in [1.54, 1.807) is 13.2 Å². The molecular weight excluding hydrogens is 376 g/mol. The summed E-state index contributed by atoms with van der Waals surface area (Å²) in [5.41, 5.74) is 8.24. The molecule has 1 fully saturated rings. The number of nitrogens with zero attached hydrogens (tertiary/aromatic N) is 4. The third-order valence-electron chi connectivity index (χ3n) is 5.46. The van der Waals surface area contributed by atoms with Crippen LogP contribution in [-0.2, 0) is 0 Å². The first-order chi connectivity index (χ1) is 13.4. The summed E-state index contributed by atoms with van der Waals surface area (Å²) >= 11 is 6.20. The van der Waals surface area contributed by atoms with Crippen molar-refractivity contribution in [2.45, 2.75) is 26.7 Å². The van der Waals surface area contributed by atoms with E-state index in [9.17, 15) is 0 Å². The second-order valence-electron chi connectivity index (χ2n) is 7.47. The maximum absolute atomic E-state index is 6.20. The van der Waals surface area contributed by atoms with Crippen LogP contribution in [0.15, 0.2) is 28.2 Å². The number of benzene rings is 1. The maximum atomic E-state index is 6.20. The average Bonchev–Trinajstić information content (AvgIpc) is 3.10. The Balaban J connectivity index is 1.87. The lowest BCUT2D eigenvalue weighted by molar-refractivity contribution is 0.175. The van der Waals surface area contributed by atoms with E-state index < -0.39 is 0 Å². The van der Waals surface area contributed by atoms with Crippen molar-refractivity contribution in [3.8, 4) is 17.0 Å². The molecule has 1 aliphatic heterocycles. The highest BCUT2D eigenvalue weighted by molar-refractivity contribution is 6.31. The summed E-state index contributed by atoms with van der Waals surface area (Å²) in [6, 6.07) is 5.44. The number of aliphatic imine (C=N–C) groups is 2. The van der Waals surface area contributed by atoms with Crippen LogP contribution < -0.4 is 10.5 Å². The fraction of sp³-hybridized carbons (Fsp3) is 0.450. The Hall–Kier alpha value is -2.38. The number of halogens is 1. The summed E-state index contributed by atoms with van der Waals surface area (Å²) in [5.74, 6) is 2.07. The molecule has 0 unspecified atom stereocenters. The number of amidine groups is 1. The van der Waals surface area contributed by atoms with Gasteiger partial charge in [-0.1, -0.05) is 18.5 Å². The predicted molar refractivity (Wildman–Crippen MR) is 116 cm³/mol. The number of ether oxygens (including phenoxy) is 1. The molecule has 3 rings (SSSR count). The zero-order valence-corrected chi connectivity index (χ0v) is 17.4. The number of likely N-dealkylation sites (tertiary alicyclic amines) is 1. The number of aromatic nitrogens is 2. The van der Waals surface area contributed by atoms with Gasteiger partial charge in [0.1, 0.15) is 17.3 Å². The van der Waals surface area contributed by atoms with Crippen LogP contribution in [0.5, 0.6) is 5.75 Å². The SMILES string of the molecule is C=Nc1c(N=C(C)N2CCC(C)(CN)CC2)n[nH]c1-c1cc(Cl)cc(OC)c1. The zero-order chi connectivity index (χ0) is 20.3.